The lowest BCUT2D eigenvalue weighted by atomic mass is 10.2. The Morgan fingerprint density at radius 1 is 1.21 bits per heavy atom. The van der Waals surface area contributed by atoms with E-state index in [-0.39, 0.29) is 36.8 Å². The summed E-state index contributed by atoms with van der Waals surface area (Å²) in [5.41, 5.74) is 2.66. The Hall–Kier alpha value is -3.86. The van der Waals surface area contributed by atoms with Gasteiger partial charge in [-0.05, 0) is 26.0 Å². The molecule has 0 saturated carbocycles. The Labute approximate surface area is 192 Å². The zero-order valence-corrected chi connectivity index (χ0v) is 19.0. The van der Waals surface area contributed by atoms with Crippen molar-refractivity contribution in [3.63, 3.8) is 0 Å². The average molecular weight is 467 g/mol. The summed E-state index contributed by atoms with van der Waals surface area (Å²) in [5.74, 6) is -0.664. The molecule has 0 bridgehead atoms. The molecule has 3 aromatic heterocycles. The van der Waals surface area contributed by atoms with Crippen molar-refractivity contribution in [2.75, 3.05) is 11.9 Å². The highest BCUT2D eigenvalue weighted by atomic mass is 32.1. The van der Waals surface area contributed by atoms with Crippen LogP contribution in [0.25, 0.3) is 16.7 Å². The number of esters is 1. The standard InChI is InChI=1S/C22H22N6O4S/c1-3-32-19(30)10-15-12-33-22(25-15)26-18(29)8-9-27-13-23-20-17(21(27)31)11-24-28(20)16-6-4-14(2)5-7-16/h4-7,11-13H,3,8-10H2,1-2H3,(H,25,26,29). The van der Waals surface area contributed by atoms with Crippen molar-refractivity contribution in [3.05, 3.63) is 63.8 Å². The molecule has 0 radical (unpaired) electrons. The lowest BCUT2D eigenvalue weighted by Gasteiger charge is -2.06. The van der Waals surface area contributed by atoms with Gasteiger partial charge in [0, 0.05) is 18.3 Å². The van der Waals surface area contributed by atoms with Gasteiger partial charge in [-0.15, -0.1) is 11.3 Å². The van der Waals surface area contributed by atoms with Gasteiger partial charge in [0.05, 0.1) is 36.9 Å². The van der Waals surface area contributed by atoms with Gasteiger partial charge in [-0.2, -0.15) is 5.10 Å². The molecule has 0 aliphatic carbocycles. The van der Waals surface area contributed by atoms with Gasteiger partial charge in [-0.1, -0.05) is 17.7 Å². The van der Waals surface area contributed by atoms with E-state index < -0.39 is 0 Å². The number of ether oxygens (including phenoxy) is 1. The second kappa shape index (κ2) is 9.74. The van der Waals surface area contributed by atoms with E-state index in [4.69, 9.17) is 4.74 Å². The molecule has 0 fully saturated rings. The largest absolute Gasteiger partial charge is 0.466 e. The Bertz CT molecular complexity index is 1360. The van der Waals surface area contributed by atoms with Crippen LogP contribution < -0.4 is 10.9 Å². The van der Waals surface area contributed by atoms with Crippen molar-refractivity contribution >= 4 is 39.4 Å². The number of fused-ring (bicyclic) bond motifs is 1. The van der Waals surface area contributed by atoms with Crippen LogP contribution in [-0.2, 0) is 27.3 Å². The van der Waals surface area contributed by atoms with Crippen molar-refractivity contribution in [1.82, 2.24) is 24.3 Å². The molecule has 0 spiro atoms. The number of hydrogen-bond acceptors (Lipinski definition) is 8. The third kappa shape index (κ3) is 5.14. The fraction of sp³-hybridized carbons (Fsp3) is 0.273. The summed E-state index contributed by atoms with van der Waals surface area (Å²) < 4.78 is 7.89. The zero-order chi connectivity index (χ0) is 23.4. The second-order valence-electron chi connectivity index (χ2n) is 7.30. The minimum absolute atomic E-state index is 0.0531. The molecular weight excluding hydrogens is 444 g/mol. The van der Waals surface area contributed by atoms with Crippen LogP contribution in [-0.4, -0.2) is 42.8 Å². The summed E-state index contributed by atoms with van der Waals surface area (Å²) in [6, 6.07) is 7.75. The minimum Gasteiger partial charge on any atom is -0.466 e. The van der Waals surface area contributed by atoms with Crippen LogP contribution >= 0.6 is 11.3 Å². The fourth-order valence-electron chi connectivity index (χ4n) is 3.19. The van der Waals surface area contributed by atoms with Crippen LogP contribution in [0.3, 0.4) is 0 Å². The van der Waals surface area contributed by atoms with Gasteiger partial charge in [-0.25, -0.2) is 14.6 Å². The molecule has 0 atom stereocenters. The lowest BCUT2D eigenvalue weighted by Crippen LogP contribution is -2.23. The smallest absolute Gasteiger partial charge is 0.311 e. The van der Waals surface area contributed by atoms with Gasteiger partial charge in [0.2, 0.25) is 5.91 Å². The van der Waals surface area contributed by atoms with E-state index in [0.29, 0.717) is 28.5 Å². The van der Waals surface area contributed by atoms with Gasteiger partial charge in [-0.3, -0.25) is 19.0 Å². The van der Waals surface area contributed by atoms with Crippen LogP contribution in [0.5, 0.6) is 0 Å². The first-order chi connectivity index (χ1) is 15.9. The van der Waals surface area contributed by atoms with E-state index in [2.05, 4.69) is 20.4 Å². The predicted molar refractivity (Wildman–Crippen MR) is 124 cm³/mol. The fourth-order valence-corrected chi connectivity index (χ4v) is 3.92. The Balaban J connectivity index is 1.40. The number of nitrogens with one attached hydrogen (secondary N) is 1. The number of nitrogens with zero attached hydrogens (tertiary/aromatic N) is 5. The highest BCUT2D eigenvalue weighted by Gasteiger charge is 2.14. The van der Waals surface area contributed by atoms with Gasteiger partial charge >= 0.3 is 5.97 Å². The number of anilines is 1. The van der Waals surface area contributed by atoms with Crippen molar-refractivity contribution < 1.29 is 14.3 Å². The molecule has 11 heteroatoms. The summed E-state index contributed by atoms with van der Waals surface area (Å²) in [6.45, 7) is 4.19. The molecule has 0 aliphatic heterocycles. The minimum atomic E-state index is -0.367. The van der Waals surface area contributed by atoms with E-state index in [1.807, 2.05) is 31.2 Å². The number of aromatic nitrogens is 5. The van der Waals surface area contributed by atoms with Crippen LogP contribution in [0.4, 0.5) is 5.13 Å². The summed E-state index contributed by atoms with van der Waals surface area (Å²) >= 11 is 1.22. The van der Waals surface area contributed by atoms with Gasteiger partial charge < -0.3 is 10.1 Å². The lowest BCUT2D eigenvalue weighted by molar-refractivity contribution is -0.142. The number of carbonyl (C=O) groups is 2. The maximum Gasteiger partial charge on any atom is 0.311 e. The number of amides is 1. The van der Waals surface area contributed by atoms with Crippen LogP contribution in [0.15, 0.2) is 47.0 Å². The number of thiazole rings is 1. The Morgan fingerprint density at radius 2 is 2.00 bits per heavy atom. The highest BCUT2D eigenvalue weighted by molar-refractivity contribution is 7.13. The highest BCUT2D eigenvalue weighted by Crippen LogP contribution is 2.17. The molecule has 4 rings (SSSR count). The number of carbonyl (C=O) groups excluding carboxylic acids is 2. The normalized spacial score (nSPS) is 11.0. The Morgan fingerprint density at radius 3 is 2.76 bits per heavy atom. The number of benzene rings is 1. The summed E-state index contributed by atoms with van der Waals surface area (Å²) in [6.07, 6.45) is 3.02. The maximum atomic E-state index is 12.8. The first-order valence-corrected chi connectivity index (χ1v) is 11.2. The number of aryl methyl sites for hydroxylation is 2. The SMILES string of the molecule is CCOC(=O)Cc1csc(NC(=O)CCn2cnc3c(cnn3-c3ccc(C)cc3)c2=O)n1. The molecule has 170 valence electrons. The molecule has 10 nitrogen and oxygen atoms in total. The van der Waals surface area contributed by atoms with Crippen molar-refractivity contribution in [1.29, 1.82) is 0 Å². The zero-order valence-electron chi connectivity index (χ0n) is 18.1. The molecule has 0 unspecified atom stereocenters. The molecule has 1 amide bonds. The van der Waals surface area contributed by atoms with Crippen LogP contribution in [0.1, 0.15) is 24.6 Å². The number of hydrogen-bond donors (Lipinski definition) is 1. The van der Waals surface area contributed by atoms with E-state index in [0.717, 1.165) is 11.3 Å². The number of rotatable bonds is 8. The quantitative estimate of drug-likeness (QED) is 0.396. The topological polar surface area (TPSA) is 121 Å². The molecular formula is C22H22N6O4S. The van der Waals surface area contributed by atoms with Crippen LogP contribution in [0.2, 0.25) is 0 Å². The third-order valence-corrected chi connectivity index (χ3v) is 5.65. The molecule has 1 aromatic carbocycles. The van der Waals surface area contributed by atoms with Gasteiger partial charge in [0.1, 0.15) is 5.39 Å². The van der Waals surface area contributed by atoms with Crippen LogP contribution in [0, 0.1) is 6.92 Å². The molecule has 33 heavy (non-hydrogen) atoms. The molecule has 3 heterocycles. The molecule has 0 aliphatic rings. The molecule has 1 N–H and O–H groups in total. The van der Waals surface area contributed by atoms with E-state index >= 15 is 0 Å². The predicted octanol–water partition coefficient (Wildman–Crippen LogP) is 2.48. The van der Waals surface area contributed by atoms with Gasteiger partial charge in [0.25, 0.3) is 5.56 Å². The first-order valence-electron chi connectivity index (χ1n) is 10.3. The summed E-state index contributed by atoms with van der Waals surface area (Å²) in [4.78, 5) is 45.3. The average Bonchev–Trinajstić information content (AvgIpc) is 3.41. The third-order valence-electron chi connectivity index (χ3n) is 4.84. The van der Waals surface area contributed by atoms with E-state index in [1.165, 1.54) is 28.4 Å². The second-order valence-corrected chi connectivity index (χ2v) is 8.15. The summed E-state index contributed by atoms with van der Waals surface area (Å²) in [5, 5.41) is 9.45. The van der Waals surface area contributed by atoms with Crippen molar-refractivity contribution in [3.8, 4) is 5.69 Å². The van der Waals surface area contributed by atoms with E-state index in [1.54, 1.807) is 17.0 Å². The van der Waals surface area contributed by atoms with Crippen molar-refractivity contribution in [2.45, 2.75) is 33.2 Å². The monoisotopic (exact) mass is 466 g/mol. The Kier molecular flexibility index (Phi) is 6.59. The maximum absolute atomic E-state index is 12.8. The molecule has 4 aromatic rings. The summed E-state index contributed by atoms with van der Waals surface area (Å²) in [7, 11) is 0. The van der Waals surface area contributed by atoms with Crippen molar-refractivity contribution in [2.24, 2.45) is 0 Å². The molecule has 0 saturated heterocycles. The first kappa shape index (κ1) is 22.3. The van der Waals surface area contributed by atoms with E-state index in [9.17, 15) is 14.4 Å². The van der Waals surface area contributed by atoms with Gasteiger partial charge in [0.15, 0.2) is 10.8 Å².